The van der Waals surface area contributed by atoms with E-state index in [0.717, 1.165) is 5.69 Å². The fourth-order valence-corrected chi connectivity index (χ4v) is 5.20. The van der Waals surface area contributed by atoms with Crippen molar-refractivity contribution in [2.75, 3.05) is 53.7 Å². The zero-order chi connectivity index (χ0) is 25.2. The van der Waals surface area contributed by atoms with Crippen LogP contribution >= 0.6 is 0 Å². The number of aromatic nitrogens is 4. The molecule has 190 valence electrons. The lowest BCUT2D eigenvalue weighted by Crippen LogP contribution is -2.47. The summed E-state index contributed by atoms with van der Waals surface area (Å²) in [4.78, 5) is 25.1. The molecule has 1 unspecified atom stereocenters. The van der Waals surface area contributed by atoms with Gasteiger partial charge in [-0.2, -0.15) is 28.4 Å². The largest absolute Gasteiger partial charge is 0.490 e. The zero-order valence-corrected chi connectivity index (χ0v) is 20.1. The molecule has 2 aliphatic heterocycles. The molecule has 2 aliphatic rings. The highest BCUT2D eigenvalue weighted by molar-refractivity contribution is 7.85. The third-order valence-corrected chi connectivity index (χ3v) is 7.38. The number of nitrogens with zero attached hydrogens (tertiary/aromatic N) is 6. The number of hydrogen-bond donors (Lipinski definition) is 1. The van der Waals surface area contributed by atoms with Crippen molar-refractivity contribution in [3.8, 4) is 0 Å². The average Bonchev–Trinajstić information content (AvgIpc) is 3.22. The van der Waals surface area contributed by atoms with Gasteiger partial charge < -0.3 is 19.9 Å². The second kappa shape index (κ2) is 10.3. The Hall–Kier alpha value is -3.03. The van der Waals surface area contributed by atoms with E-state index in [0.29, 0.717) is 60.7 Å². The molecule has 0 bridgehead atoms. The van der Waals surface area contributed by atoms with Gasteiger partial charge in [0.25, 0.3) is 0 Å². The second-order valence-corrected chi connectivity index (χ2v) is 10.1. The first kappa shape index (κ1) is 25.1. The molecule has 2 aromatic heterocycles. The van der Waals surface area contributed by atoms with Crippen LogP contribution in [0.4, 0.5) is 30.6 Å². The molecule has 2 atom stereocenters. The summed E-state index contributed by atoms with van der Waals surface area (Å²) in [6.45, 7) is 5.76. The van der Waals surface area contributed by atoms with Crippen molar-refractivity contribution < 1.29 is 26.9 Å². The summed E-state index contributed by atoms with van der Waals surface area (Å²) >= 11 is 0. The Morgan fingerprint density at radius 1 is 1.17 bits per heavy atom. The summed E-state index contributed by atoms with van der Waals surface area (Å²) in [5.41, 5.74) is 1.63. The number of carbonyl (C=O) groups is 1. The summed E-state index contributed by atoms with van der Waals surface area (Å²) in [5.74, 6) is -1.27. The van der Waals surface area contributed by atoms with Crippen LogP contribution in [-0.2, 0) is 26.8 Å². The quantitative estimate of drug-likeness (QED) is 0.550. The SMILES string of the molecule is CC(C)C(COC(=O)C(F)(F)F)Nc1nc(N2CCN(c3ccnnc3)CC2)nc2c1[S@](=O)CC2. The van der Waals surface area contributed by atoms with Gasteiger partial charge in [0.05, 0.1) is 40.6 Å². The molecule has 0 amide bonds. The van der Waals surface area contributed by atoms with E-state index in [2.05, 4.69) is 35.1 Å². The van der Waals surface area contributed by atoms with Gasteiger partial charge in [0, 0.05) is 38.4 Å². The number of piperazine rings is 1. The summed E-state index contributed by atoms with van der Waals surface area (Å²) in [6.07, 6.45) is -1.21. The lowest BCUT2D eigenvalue weighted by molar-refractivity contribution is -0.200. The van der Waals surface area contributed by atoms with E-state index in [4.69, 9.17) is 0 Å². The Labute approximate surface area is 202 Å². The van der Waals surface area contributed by atoms with Crippen LogP contribution < -0.4 is 15.1 Å². The predicted molar refractivity (Wildman–Crippen MR) is 123 cm³/mol. The minimum atomic E-state index is -5.07. The number of nitrogens with one attached hydrogen (secondary N) is 1. The Kier molecular flexibility index (Phi) is 7.38. The van der Waals surface area contributed by atoms with E-state index in [1.165, 1.54) is 0 Å². The molecule has 2 aromatic rings. The van der Waals surface area contributed by atoms with Gasteiger partial charge in [-0.3, -0.25) is 4.21 Å². The van der Waals surface area contributed by atoms with Gasteiger partial charge in [-0.05, 0) is 12.0 Å². The first-order chi connectivity index (χ1) is 16.6. The highest BCUT2D eigenvalue weighted by Gasteiger charge is 2.41. The Morgan fingerprint density at radius 2 is 1.89 bits per heavy atom. The van der Waals surface area contributed by atoms with E-state index in [1.54, 1.807) is 26.2 Å². The van der Waals surface area contributed by atoms with Crippen LogP contribution in [0.15, 0.2) is 23.4 Å². The number of anilines is 3. The van der Waals surface area contributed by atoms with Gasteiger partial charge in [-0.15, -0.1) is 0 Å². The minimum Gasteiger partial charge on any atom is -0.457 e. The lowest BCUT2D eigenvalue weighted by atomic mass is 10.1. The van der Waals surface area contributed by atoms with E-state index < -0.39 is 35.6 Å². The first-order valence-electron chi connectivity index (χ1n) is 11.2. The van der Waals surface area contributed by atoms with Crippen molar-refractivity contribution in [3.05, 3.63) is 24.2 Å². The van der Waals surface area contributed by atoms with Gasteiger partial charge >= 0.3 is 12.1 Å². The lowest BCUT2D eigenvalue weighted by Gasteiger charge is -2.36. The molecule has 0 spiro atoms. The molecular weight excluding hydrogens is 487 g/mol. The van der Waals surface area contributed by atoms with Crippen molar-refractivity contribution in [2.24, 2.45) is 5.92 Å². The number of esters is 1. The predicted octanol–water partition coefficient (Wildman–Crippen LogP) is 1.80. The number of hydrogen-bond acceptors (Lipinski definition) is 10. The zero-order valence-electron chi connectivity index (χ0n) is 19.3. The summed E-state index contributed by atoms with van der Waals surface area (Å²) in [5, 5.41) is 10.8. The van der Waals surface area contributed by atoms with Crippen LogP contribution in [0.25, 0.3) is 0 Å². The van der Waals surface area contributed by atoms with E-state index in [1.807, 2.05) is 11.0 Å². The van der Waals surface area contributed by atoms with Crippen LogP contribution in [0.2, 0.25) is 0 Å². The van der Waals surface area contributed by atoms with Crippen molar-refractivity contribution in [1.29, 1.82) is 0 Å². The smallest absolute Gasteiger partial charge is 0.457 e. The highest BCUT2D eigenvalue weighted by atomic mass is 32.2. The maximum atomic E-state index is 12.6. The molecule has 1 fully saturated rings. The molecule has 0 radical (unpaired) electrons. The topological polar surface area (TPSA) is 113 Å². The van der Waals surface area contributed by atoms with E-state index in [9.17, 15) is 22.2 Å². The Balaban J connectivity index is 1.52. The van der Waals surface area contributed by atoms with E-state index >= 15 is 0 Å². The molecule has 35 heavy (non-hydrogen) atoms. The second-order valence-electron chi connectivity index (χ2n) is 8.61. The molecule has 4 heterocycles. The molecule has 0 aromatic carbocycles. The van der Waals surface area contributed by atoms with Crippen molar-refractivity contribution in [3.63, 3.8) is 0 Å². The van der Waals surface area contributed by atoms with Crippen LogP contribution in [0, 0.1) is 5.92 Å². The normalized spacial score (nSPS) is 19.0. The van der Waals surface area contributed by atoms with Crippen LogP contribution in [0.3, 0.4) is 0 Å². The molecule has 1 N–H and O–H groups in total. The third kappa shape index (κ3) is 5.80. The van der Waals surface area contributed by atoms with Gasteiger partial charge in [0.2, 0.25) is 5.95 Å². The number of alkyl halides is 3. The first-order valence-corrected chi connectivity index (χ1v) is 12.5. The van der Waals surface area contributed by atoms with Gasteiger partial charge in [0.1, 0.15) is 17.3 Å². The Morgan fingerprint density at radius 3 is 2.51 bits per heavy atom. The van der Waals surface area contributed by atoms with Gasteiger partial charge in [-0.1, -0.05) is 13.8 Å². The average molecular weight is 514 g/mol. The molecule has 1 saturated heterocycles. The highest BCUT2D eigenvalue weighted by Crippen LogP contribution is 2.31. The third-order valence-electron chi connectivity index (χ3n) is 5.92. The van der Waals surface area contributed by atoms with Crippen molar-refractivity contribution in [1.82, 2.24) is 20.2 Å². The number of halogens is 3. The number of ether oxygens (including phenoxy) is 1. The van der Waals surface area contributed by atoms with Crippen LogP contribution in [0.1, 0.15) is 19.5 Å². The standard InChI is InChI=1S/C21H26F3N7O3S/c1-13(2)16(12-34-19(32)21(22,23)24)27-18-17-15(4-10-35(17)33)28-20(29-18)31-8-6-30(7-9-31)14-3-5-25-26-11-14/h3,5,11,13,16H,4,6-10,12H2,1-2H3,(H,27,28,29)/t16?,35-/m1/s1. The molecule has 0 saturated carbocycles. The Bertz CT molecular complexity index is 1080. The molecule has 10 nitrogen and oxygen atoms in total. The molecular formula is C21H26F3N7O3S. The summed E-state index contributed by atoms with van der Waals surface area (Å²) in [7, 11) is -1.32. The summed E-state index contributed by atoms with van der Waals surface area (Å²) in [6, 6.07) is 1.23. The van der Waals surface area contributed by atoms with E-state index in [-0.39, 0.29) is 5.92 Å². The van der Waals surface area contributed by atoms with Crippen molar-refractivity contribution >= 4 is 34.2 Å². The minimum absolute atomic E-state index is 0.197. The van der Waals surface area contributed by atoms with Gasteiger partial charge in [0.15, 0.2) is 0 Å². The number of carbonyl (C=O) groups excluding carboxylic acids is 1. The fourth-order valence-electron chi connectivity index (χ4n) is 3.88. The van der Waals surface area contributed by atoms with Crippen LogP contribution in [-0.4, -0.2) is 81.1 Å². The van der Waals surface area contributed by atoms with Crippen molar-refractivity contribution in [2.45, 2.75) is 37.4 Å². The maximum absolute atomic E-state index is 12.6. The fraction of sp³-hybridized carbons (Fsp3) is 0.571. The number of fused-ring (bicyclic) bond motifs is 1. The summed E-state index contributed by atoms with van der Waals surface area (Å²) < 4.78 is 54.9. The number of aryl methyl sites for hydroxylation is 1. The molecule has 14 heteroatoms. The monoisotopic (exact) mass is 513 g/mol. The molecule has 4 rings (SSSR count). The van der Waals surface area contributed by atoms with Crippen LogP contribution in [0.5, 0.6) is 0 Å². The van der Waals surface area contributed by atoms with Gasteiger partial charge in [-0.25, -0.2) is 9.78 Å². The number of rotatable bonds is 7. The molecule has 0 aliphatic carbocycles. The maximum Gasteiger partial charge on any atom is 0.490 e.